The SMILES string of the molecule is CC1=C(C)C(F)(CN2CC(F)C2)C(C(N)CC(=O)O)C=C1c1ccccc1C. The standard InChI is InChI=1S/C22H28F2N2O2/c1-13-6-4-5-7-17(13)18-8-19(20(25)9-21(27)28)22(24,15(3)14(18)2)12-26-10-16(23)11-26/h4-8,16,19-20H,9-12,25H2,1-3H3,(H,27,28). The molecule has 0 bridgehead atoms. The summed E-state index contributed by atoms with van der Waals surface area (Å²) in [6, 6.07) is 6.96. The summed E-state index contributed by atoms with van der Waals surface area (Å²) in [5.74, 6) is -1.86. The van der Waals surface area contributed by atoms with E-state index in [0.29, 0.717) is 5.57 Å². The van der Waals surface area contributed by atoms with Crippen LogP contribution >= 0.6 is 0 Å². The van der Waals surface area contributed by atoms with Crippen LogP contribution in [0.4, 0.5) is 8.78 Å². The lowest BCUT2D eigenvalue weighted by atomic mass is 9.69. The summed E-state index contributed by atoms with van der Waals surface area (Å²) < 4.78 is 29.7. The van der Waals surface area contributed by atoms with Gasteiger partial charge in [-0.1, -0.05) is 30.3 Å². The zero-order valence-electron chi connectivity index (χ0n) is 16.6. The van der Waals surface area contributed by atoms with Gasteiger partial charge in [-0.2, -0.15) is 0 Å². The number of nitrogens with two attached hydrogens (primary N) is 1. The molecule has 1 aromatic rings. The minimum Gasteiger partial charge on any atom is -0.481 e. The van der Waals surface area contributed by atoms with E-state index in [2.05, 4.69) is 0 Å². The van der Waals surface area contributed by atoms with Crippen LogP contribution in [0.3, 0.4) is 0 Å². The molecule has 0 saturated carbocycles. The van der Waals surface area contributed by atoms with Crippen LogP contribution in [0.2, 0.25) is 0 Å². The number of aliphatic carboxylic acids is 1. The van der Waals surface area contributed by atoms with Gasteiger partial charge in [0.05, 0.1) is 6.42 Å². The molecule has 1 saturated heterocycles. The van der Waals surface area contributed by atoms with Gasteiger partial charge in [0, 0.05) is 31.6 Å². The number of likely N-dealkylation sites (tertiary alicyclic amines) is 1. The average molecular weight is 390 g/mol. The second kappa shape index (κ2) is 7.76. The van der Waals surface area contributed by atoms with Gasteiger partial charge in [-0.05, 0) is 48.6 Å². The van der Waals surface area contributed by atoms with Crippen molar-refractivity contribution in [3.8, 4) is 0 Å². The third kappa shape index (κ3) is 3.76. The summed E-state index contributed by atoms with van der Waals surface area (Å²) in [6.45, 7) is 6.04. The van der Waals surface area contributed by atoms with Crippen molar-refractivity contribution in [3.05, 3.63) is 52.6 Å². The lowest BCUT2D eigenvalue weighted by molar-refractivity contribution is -0.137. The third-order valence-corrected chi connectivity index (χ3v) is 6.14. The molecule has 4 nitrogen and oxygen atoms in total. The Morgan fingerprint density at radius 3 is 2.54 bits per heavy atom. The first kappa shape index (κ1) is 20.7. The largest absolute Gasteiger partial charge is 0.481 e. The minimum absolute atomic E-state index is 0.0200. The molecule has 1 aliphatic carbocycles. The van der Waals surface area contributed by atoms with Gasteiger partial charge in [0.1, 0.15) is 6.17 Å². The number of aryl methyl sites for hydroxylation is 1. The number of hydrogen-bond acceptors (Lipinski definition) is 3. The fourth-order valence-corrected chi connectivity index (χ4v) is 4.34. The monoisotopic (exact) mass is 390 g/mol. The van der Waals surface area contributed by atoms with E-state index in [1.54, 1.807) is 17.9 Å². The molecule has 1 fully saturated rings. The second-order valence-electron chi connectivity index (χ2n) is 8.09. The Kier molecular flexibility index (Phi) is 5.73. The number of halogens is 2. The van der Waals surface area contributed by atoms with E-state index in [0.717, 1.165) is 22.3 Å². The maximum atomic E-state index is 16.4. The molecule has 3 N–H and O–H groups in total. The number of carboxylic acids is 1. The molecule has 1 aromatic carbocycles. The number of nitrogens with zero attached hydrogens (tertiary/aromatic N) is 1. The molecule has 3 atom stereocenters. The molecule has 2 aliphatic rings. The lowest BCUT2D eigenvalue weighted by Gasteiger charge is -2.46. The van der Waals surface area contributed by atoms with E-state index in [9.17, 15) is 14.3 Å². The molecule has 1 heterocycles. The van der Waals surface area contributed by atoms with Gasteiger partial charge in [0.25, 0.3) is 0 Å². The van der Waals surface area contributed by atoms with Crippen LogP contribution < -0.4 is 5.73 Å². The lowest BCUT2D eigenvalue weighted by Crippen LogP contribution is -2.59. The molecule has 3 rings (SSSR count). The molecule has 0 aromatic heterocycles. The smallest absolute Gasteiger partial charge is 0.304 e. The Morgan fingerprint density at radius 2 is 1.96 bits per heavy atom. The summed E-state index contributed by atoms with van der Waals surface area (Å²) in [4.78, 5) is 13.0. The van der Waals surface area contributed by atoms with Crippen molar-refractivity contribution in [1.82, 2.24) is 4.90 Å². The van der Waals surface area contributed by atoms with Crippen LogP contribution in [0.1, 0.15) is 31.4 Å². The molecule has 1 aliphatic heterocycles. The predicted octanol–water partition coefficient (Wildman–Crippen LogP) is 3.51. The van der Waals surface area contributed by atoms with Crippen molar-refractivity contribution >= 4 is 11.5 Å². The Morgan fingerprint density at radius 1 is 1.32 bits per heavy atom. The zero-order chi connectivity index (χ0) is 20.6. The van der Waals surface area contributed by atoms with Gasteiger partial charge < -0.3 is 10.8 Å². The number of allylic oxidation sites excluding steroid dienone is 2. The molecule has 152 valence electrons. The van der Waals surface area contributed by atoms with E-state index >= 15 is 4.39 Å². The highest BCUT2D eigenvalue weighted by Crippen LogP contribution is 2.46. The first-order valence-electron chi connectivity index (χ1n) is 9.62. The number of benzene rings is 1. The van der Waals surface area contributed by atoms with Gasteiger partial charge >= 0.3 is 5.97 Å². The predicted molar refractivity (Wildman–Crippen MR) is 106 cm³/mol. The minimum atomic E-state index is -1.83. The quantitative estimate of drug-likeness (QED) is 0.780. The van der Waals surface area contributed by atoms with E-state index in [4.69, 9.17) is 5.73 Å². The molecular formula is C22H28F2N2O2. The van der Waals surface area contributed by atoms with Crippen molar-refractivity contribution in [3.63, 3.8) is 0 Å². The first-order chi connectivity index (χ1) is 13.1. The van der Waals surface area contributed by atoms with Crippen LogP contribution in [0, 0.1) is 12.8 Å². The van der Waals surface area contributed by atoms with Crippen LogP contribution in [0.25, 0.3) is 5.57 Å². The maximum absolute atomic E-state index is 16.4. The van der Waals surface area contributed by atoms with Crippen molar-refractivity contribution in [2.75, 3.05) is 19.6 Å². The van der Waals surface area contributed by atoms with Crippen LogP contribution in [0.15, 0.2) is 41.5 Å². The van der Waals surface area contributed by atoms with E-state index < -0.39 is 29.8 Å². The van der Waals surface area contributed by atoms with Gasteiger partial charge in [-0.15, -0.1) is 0 Å². The summed E-state index contributed by atoms with van der Waals surface area (Å²) >= 11 is 0. The zero-order valence-corrected chi connectivity index (χ0v) is 16.6. The Labute approximate surface area is 164 Å². The van der Waals surface area contributed by atoms with Gasteiger partial charge in [-0.3, -0.25) is 9.69 Å². The van der Waals surface area contributed by atoms with E-state index in [-0.39, 0.29) is 26.1 Å². The normalized spacial score (nSPS) is 27.4. The topological polar surface area (TPSA) is 66.6 Å². The fourth-order valence-electron chi connectivity index (χ4n) is 4.34. The number of carbonyl (C=O) groups is 1. The summed E-state index contributed by atoms with van der Waals surface area (Å²) in [6.07, 6.45) is 0.540. The van der Waals surface area contributed by atoms with Gasteiger partial charge in [-0.25, -0.2) is 8.78 Å². The van der Waals surface area contributed by atoms with Crippen molar-refractivity contribution < 1.29 is 18.7 Å². The Balaban J connectivity index is 2.05. The first-order valence-corrected chi connectivity index (χ1v) is 9.62. The molecule has 28 heavy (non-hydrogen) atoms. The third-order valence-electron chi connectivity index (χ3n) is 6.14. The summed E-state index contributed by atoms with van der Waals surface area (Å²) in [5.41, 5.74) is 8.67. The number of hydrogen-bond donors (Lipinski definition) is 2. The number of rotatable bonds is 6. The highest BCUT2D eigenvalue weighted by atomic mass is 19.1. The summed E-state index contributed by atoms with van der Waals surface area (Å²) in [5, 5.41) is 9.21. The maximum Gasteiger partial charge on any atom is 0.304 e. The Bertz CT molecular complexity index is 830. The van der Waals surface area contributed by atoms with Crippen molar-refractivity contribution in [1.29, 1.82) is 0 Å². The van der Waals surface area contributed by atoms with Crippen molar-refractivity contribution in [2.24, 2.45) is 11.7 Å². The number of carboxylic acid groups (broad SMARTS) is 1. The molecule has 0 radical (unpaired) electrons. The molecule has 6 heteroatoms. The number of alkyl halides is 2. The summed E-state index contributed by atoms with van der Waals surface area (Å²) in [7, 11) is 0. The molecule has 3 unspecified atom stereocenters. The fraction of sp³-hybridized carbons (Fsp3) is 0.500. The van der Waals surface area contributed by atoms with Crippen LogP contribution in [-0.2, 0) is 4.79 Å². The van der Waals surface area contributed by atoms with Crippen molar-refractivity contribution in [2.45, 2.75) is 45.1 Å². The van der Waals surface area contributed by atoms with Crippen LogP contribution in [0.5, 0.6) is 0 Å². The Hall–Kier alpha value is -2.05. The van der Waals surface area contributed by atoms with E-state index in [1.165, 1.54) is 0 Å². The van der Waals surface area contributed by atoms with Gasteiger partial charge in [0.2, 0.25) is 0 Å². The van der Waals surface area contributed by atoms with Crippen LogP contribution in [-0.4, -0.2) is 53.5 Å². The molecule has 0 amide bonds. The molecular weight excluding hydrogens is 362 g/mol. The van der Waals surface area contributed by atoms with E-state index in [1.807, 2.05) is 38.1 Å². The highest BCUT2D eigenvalue weighted by molar-refractivity contribution is 5.83. The molecule has 0 spiro atoms. The van der Waals surface area contributed by atoms with Gasteiger partial charge in [0.15, 0.2) is 5.67 Å². The highest BCUT2D eigenvalue weighted by Gasteiger charge is 2.49. The average Bonchev–Trinajstić information content (AvgIpc) is 2.59. The second-order valence-corrected chi connectivity index (χ2v) is 8.09.